The molecule has 0 saturated heterocycles. The lowest BCUT2D eigenvalue weighted by molar-refractivity contribution is 0.0227. The van der Waals surface area contributed by atoms with Crippen molar-refractivity contribution in [3.63, 3.8) is 0 Å². The second-order valence-corrected chi connectivity index (χ2v) is 5.05. The van der Waals surface area contributed by atoms with E-state index >= 15 is 0 Å². The minimum absolute atomic E-state index is 0.208. The predicted molar refractivity (Wildman–Crippen MR) is 73.2 cm³/mol. The van der Waals surface area contributed by atoms with Crippen LogP contribution in [0.5, 0.6) is 5.75 Å². The molecule has 2 N–H and O–H groups in total. The first-order chi connectivity index (χ1) is 8.38. The van der Waals surface area contributed by atoms with Gasteiger partial charge in [-0.15, -0.1) is 0 Å². The highest BCUT2D eigenvalue weighted by Gasteiger charge is 2.18. The molecule has 0 spiro atoms. The van der Waals surface area contributed by atoms with Crippen LogP contribution in [0.3, 0.4) is 0 Å². The molecule has 1 aromatic carbocycles. The third-order valence-corrected chi connectivity index (χ3v) is 3.68. The first-order valence-electron chi connectivity index (χ1n) is 6.38. The Kier molecular flexibility index (Phi) is 5.17. The number of methoxy groups -OCH3 is 1. The van der Waals surface area contributed by atoms with Gasteiger partial charge < -0.3 is 14.9 Å². The summed E-state index contributed by atoms with van der Waals surface area (Å²) in [5.74, 6) is 1.10. The second kappa shape index (κ2) is 6.21. The van der Waals surface area contributed by atoms with E-state index in [-0.39, 0.29) is 5.92 Å². The van der Waals surface area contributed by atoms with E-state index in [0.29, 0.717) is 6.42 Å². The maximum atomic E-state index is 9.74. The number of aliphatic hydroxyl groups is 2. The molecule has 0 heterocycles. The molecule has 0 amide bonds. The Labute approximate surface area is 109 Å². The number of benzene rings is 1. The van der Waals surface area contributed by atoms with Crippen LogP contribution in [-0.2, 0) is 0 Å². The molecule has 0 radical (unpaired) electrons. The standard InChI is InChI=1S/C15H24O3/c1-9(8-14(17)12(4)16)13-6-7-15(18-5)11(3)10(13)2/h6-7,9,12,14,16-17H,8H2,1-5H3. The average Bonchev–Trinajstić information content (AvgIpc) is 2.32. The monoisotopic (exact) mass is 252 g/mol. The van der Waals surface area contributed by atoms with E-state index in [1.807, 2.05) is 19.1 Å². The predicted octanol–water partition coefficient (Wildman–Crippen LogP) is 2.55. The lowest BCUT2D eigenvalue weighted by atomic mass is 9.88. The number of hydrogen-bond donors (Lipinski definition) is 2. The lowest BCUT2D eigenvalue weighted by Crippen LogP contribution is -2.24. The van der Waals surface area contributed by atoms with Crippen LogP contribution < -0.4 is 4.74 Å². The normalized spacial score (nSPS) is 16.2. The van der Waals surface area contributed by atoms with Gasteiger partial charge in [-0.25, -0.2) is 0 Å². The molecule has 0 bridgehead atoms. The summed E-state index contributed by atoms with van der Waals surface area (Å²) in [6.07, 6.45) is -0.807. The minimum Gasteiger partial charge on any atom is -0.496 e. The second-order valence-electron chi connectivity index (χ2n) is 5.05. The van der Waals surface area contributed by atoms with E-state index < -0.39 is 12.2 Å². The molecule has 0 aromatic heterocycles. The Balaban J connectivity index is 2.93. The lowest BCUT2D eigenvalue weighted by Gasteiger charge is -2.22. The summed E-state index contributed by atoms with van der Waals surface area (Å²) in [5, 5.41) is 19.1. The highest BCUT2D eigenvalue weighted by molar-refractivity contribution is 5.44. The Bertz CT molecular complexity index is 399. The van der Waals surface area contributed by atoms with Crippen molar-refractivity contribution in [1.29, 1.82) is 0 Å². The quantitative estimate of drug-likeness (QED) is 0.846. The number of rotatable bonds is 5. The van der Waals surface area contributed by atoms with Crippen LogP contribution in [-0.4, -0.2) is 29.5 Å². The highest BCUT2D eigenvalue weighted by Crippen LogP contribution is 2.31. The van der Waals surface area contributed by atoms with E-state index in [1.54, 1.807) is 14.0 Å². The Morgan fingerprint density at radius 1 is 1.11 bits per heavy atom. The van der Waals surface area contributed by atoms with Gasteiger partial charge in [0.15, 0.2) is 0 Å². The first-order valence-corrected chi connectivity index (χ1v) is 6.38. The zero-order valence-electron chi connectivity index (χ0n) is 11.9. The van der Waals surface area contributed by atoms with Gasteiger partial charge in [0.25, 0.3) is 0 Å². The van der Waals surface area contributed by atoms with Gasteiger partial charge in [-0.05, 0) is 55.9 Å². The molecule has 1 aromatic rings. The average molecular weight is 252 g/mol. The van der Waals surface area contributed by atoms with Crippen LogP contribution in [0.25, 0.3) is 0 Å². The Morgan fingerprint density at radius 2 is 1.72 bits per heavy atom. The fourth-order valence-electron chi connectivity index (χ4n) is 2.26. The van der Waals surface area contributed by atoms with E-state index in [1.165, 1.54) is 11.1 Å². The third kappa shape index (κ3) is 3.24. The maximum Gasteiger partial charge on any atom is 0.122 e. The van der Waals surface area contributed by atoms with Crippen molar-refractivity contribution in [2.75, 3.05) is 7.11 Å². The highest BCUT2D eigenvalue weighted by atomic mass is 16.5. The molecular formula is C15H24O3. The van der Waals surface area contributed by atoms with Crippen LogP contribution in [0, 0.1) is 13.8 Å². The maximum absolute atomic E-state index is 9.74. The molecule has 3 unspecified atom stereocenters. The molecular weight excluding hydrogens is 228 g/mol. The zero-order chi connectivity index (χ0) is 13.9. The molecule has 3 atom stereocenters. The number of ether oxygens (including phenoxy) is 1. The molecule has 102 valence electrons. The smallest absolute Gasteiger partial charge is 0.122 e. The minimum atomic E-state index is -0.688. The van der Waals surface area contributed by atoms with Crippen molar-refractivity contribution in [2.24, 2.45) is 0 Å². The van der Waals surface area contributed by atoms with Crippen molar-refractivity contribution >= 4 is 0 Å². The van der Waals surface area contributed by atoms with E-state index in [9.17, 15) is 10.2 Å². The van der Waals surface area contributed by atoms with Crippen molar-refractivity contribution in [3.05, 3.63) is 28.8 Å². The van der Waals surface area contributed by atoms with Crippen LogP contribution in [0.2, 0.25) is 0 Å². The van der Waals surface area contributed by atoms with Crippen LogP contribution in [0.15, 0.2) is 12.1 Å². The van der Waals surface area contributed by atoms with Crippen LogP contribution in [0.4, 0.5) is 0 Å². The number of hydrogen-bond acceptors (Lipinski definition) is 3. The van der Waals surface area contributed by atoms with Gasteiger partial charge in [-0.2, -0.15) is 0 Å². The molecule has 0 aliphatic rings. The zero-order valence-corrected chi connectivity index (χ0v) is 11.9. The molecule has 3 heteroatoms. The summed E-state index contributed by atoms with van der Waals surface area (Å²) >= 11 is 0. The van der Waals surface area contributed by atoms with Crippen molar-refractivity contribution in [1.82, 2.24) is 0 Å². The van der Waals surface area contributed by atoms with Crippen molar-refractivity contribution in [2.45, 2.75) is 52.2 Å². The van der Waals surface area contributed by atoms with Gasteiger partial charge in [0.1, 0.15) is 5.75 Å². The fraction of sp³-hybridized carbons (Fsp3) is 0.600. The largest absolute Gasteiger partial charge is 0.496 e. The molecule has 0 aliphatic carbocycles. The summed E-state index contributed by atoms with van der Waals surface area (Å²) < 4.78 is 5.29. The van der Waals surface area contributed by atoms with Gasteiger partial charge in [0.05, 0.1) is 19.3 Å². The van der Waals surface area contributed by atoms with Gasteiger partial charge in [0.2, 0.25) is 0 Å². The summed E-state index contributed by atoms with van der Waals surface area (Å²) in [5.41, 5.74) is 3.53. The summed E-state index contributed by atoms with van der Waals surface area (Å²) in [4.78, 5) is 0. The Hall–Kier alpha value is -1.06. The topological polar surface area (TPSA) is 49.7 Å². The third-order valence-electron chi connectivity index (χ3n) is 3.68. The fourth-order valence-corrected chi connectivity index (χ4v) is 2.26. The van der Waals surface area contributed by atoms with Gasteiger partial charge in [-0.1, -0.05) is 13.0 Å². The molecule has 0 aliphatic heterocycles. The van der Waals surface area contributed by atoms with Crippen molar-refractivity contribution in [3.8, 4) is 5.75 Å². The SMILES string of the molecule is COc1ccc(C(C)CC(O)C(C)O)c(C)c1C. The van der Waals surface area contributed by atoms with E-state index in [0.717, 1.165) is 11.3 Å². The van der Waals surface area contributed by atoms with Gasteiger partial charge in [-0.3, -0.25) is 0 Å². The molecule has 0 saturated carbocycles. The van der Waals surface area contributed by atoms with Crippen LogP contribution >= 0.6 is 0 Å². The Morgan fingerprint density at radius 3 is 2.22 bits per heavy atom. The molecule has 3 nitrogen and oxygen atoms in total. The van der Waals surface area contributed by atoms with Gasteiger partial charge >= 0.3 is 0 Å². The van der Waals surface area contributed by atoms with E-state index in [2.05, 4.69) is 13.8 Å². The van der Waals surface area contributed by atoms with Crippen LogP contribution in [0.1, 0.15) is 42.9 Å². The summed E-state index contributed by atoms with van der Waals surface area (Å²) in [6.45, 7) is 7.79. The van der Waals surface area contributed by atoms with E-state index in [4.69, 9.17) is 4.74 Å². The first kappa shape index (κ1) is 15.0. The summed E-state index contributed by atoms with van der Waals surface area (Å²) in [7, 11) is 1.67. The summed E-state index contributed by atoms with van der Waals surface area (Å²) in [6, 6.07) is 4.00. The molecule has 1 rings (SSSR count). The van der Waals surface area contributed by atoms with Gasteiger partial charge in [0, 0.05) is 0 Å². The number of aliphatic hydroxyl groups excluding tert-OH is 2. The van der Waals surface area contributed by atoms with Crippen molar-refractivity contribution < 1.29 is 14.9 Å². The molecule has 0 fully saturated rings. The molecule has 18 heavy (non-hydrogen) atoms.